The number of carbonyl (C=O) groups excluding carboxylic acids is 1. The van der Waals surface area contributed by atoms with Crippen molar-refractivity contribution in [3.8, 4) is 11.5 Å². The van der Waals surface area contributed by atoms with E-state index in [4.69, 9.17) is 9.47 Å². The summed E-state index contributed by atoms with van der Waals surface area (Å²) in [6.07, 6.45) is 1.76. The minimum atomic E-state index is -0.228. The van der Waals surface area contributed by atoms with E-state index in [1.807, 2.05) is 42.5 Å². The molecule has 0 radical (unpaired) electrons. The number of methoxy groups -OCH3 is 2. The fourth-order valence-corrected chi connectivity index (χ4v) is 3.40. The average molecular weight is 411 g/mol. The molecule has 2 aromatic rings. The molecule has 160 valence electrons. The van der Waals surface area contributed by atoms with Gasteiger partial charge in [0.15, 0.2) is 11.5 Å². The molecule has 30 heavy (non-hydrogen) atoms. The van der Waals surface area contributed by atoms with Crippen molar-refractivity contribution in [1.82, 2.24) is 16.3 Å². The summed E-state index contributed by atoms with van der Waals surface area (Å²) in [5, 5.41) is 4.19. The van der Waals surface area contributed by atoms with Gasteiger partial charge in [-0.15, -0.1) is 0 Å². The Labute approximate surface area is 177 Å². The highest BCUT2D eigenvalue weighted by Crippen LogP contribution is 2.32. The largest absolute Gasteiger partial charge is 0.493 e. The molecule has 2 aromatic carbocycles. The number of hydrazine groups is 1. The number of benzene rings is 2. The first kappa shape index (κ1) is 21.8. The fraction of sp³-hybridized carbons (Fsp3) is 0.391. The van der Waals surface area contributed by atoms with Gasteiger partial charge < -0.3 is 9.47 Å². The summed E-state index contributed by atoms with van der Waals surface area (Å²) < 4.78 is 10.7. The van der Waals surface area contributed by atoms with Crippen molar-refractivity contribution in [3.05, 3.63) is 59.2 Å². The van der Waals surface area contributed by atoms with Crippen LogP contribution >= 0.6 is 0 Å². The first-order valence-electron chi connectivity index (χ1n) is 9.98. The summed E-state index contributed by atoms with van der Waals surface area (Å²) in [5.41, 5.74) is 11.9. The summed E-state index contributed by atoms with van der Waals surface area (Å²) in [6, 6.07) is 13.4. The van der Waals surface area contributed by atoms with Gasteiger partial charge >= 0.3 is 0 Å². The van der Waals surface area contributed by atoms with Gasteiger partial charge in [0.05, 0.1) is 20.3 Å². The quantitative estimate of drug-likeness (QED) is 0.503. The second kappa shape index (κ2) is 9.28. The lowest BCUT2D eigenvalue weighted by atomic mass is 9.87. The summed E-state index contributed by atoms with van der Waals surface area (Å²) >= 11 is 0. The van der Waals surface area contributed by atoms with E-state index in [-0.39, 0.29) is 23.3 Å². The topological polar surface area (TPSA) is 84.0 Å². The molecule has 7 nitrogen and oxygen atoms in total. The maximum Gasteiger partial charge on any atom is 0.271 e. The summed E-state index contributed by atoms with van der Waals surface area (Å²) in [4.78, 5) is 12.4. The van der Waals surface area contributed by atoms with Crippen molar-refractivity contribution in [2.24, 2.45) is 11.0 Å². The zero-order chi connectivity index (χ0) is 21.7. The molecule has 7 heteroatoms. The Morgan fingerprint density at radius 1 is 1.10 bits per heavy atom. The van der Waals surface area contributed by atoms with Crippen LogP contribution in [0.5, 0.6) is 11.5 Å². The lowest BCUT2D eigenvalue weighted by Gasteiger charge is -2.19. The maximum absolute atomic E-state index is 12.4. The van der Waals surface area contributed by atoms with Crippen LogP contribution in [0.2, 0.25) is 0 Å². The van der Waals surface area contributed by atoms with Crippen LogP contribution in [0.1, 0.15) is 48.3 Å². The van der Waals surface area contributed by atoms with Crippen LogP contribution in [0.3, 0.4) is 0 Å². The molecule has 3 N–H and O–H groups in total. The van der Waals surface area contributed by atoms with Crippen LogP contribution in [0.25, 0.3) is 0 Å². The van der Waals surface area contributed by atoms with E-state index < -0.39 is 0 Å². The van der Waals surface area contributed by atoms with Gasteiger partial charge in [-0.2, -0.15) is 5.10 Å². The van der Waals surface area contributed by atoms with E-state index in [1.165, 1.54) is 5.56 Å². The van der Waals surface area contributed by atoms with Crippen molar-refractivity contribution in [2.45, 2.75) is 32.2 Å². The van der Waals surface area contributed by atoms with Crippen molar-refractivity contribution in [2.75, 3.05) is 20.8 Å². The fourth-order valence-electron chi connectivity index (χ4n) is 3.40. The number of hydrogen-bond acceptors (Lipinski definition) is 6. The third-order valence-electron chi connectivity index (χ3n) is 5.24. The van der Waals surface area contributed by atoms with E-state index in [0.717, 1.165) is 5.56 Å². The number of nitrogens with one attached hydrogen (secondary N) is 3. The normalized spacial score (nSPS) is 19.1. The van der Waals surface area contributed by atoms with E-state index >= 15 is 0 Å². The predicted octanol–water partition coefficient (Wildman–Crippen LogP) is 3.18. The Morgan fingerprint density at radius 3 is 2.43 bits per heavy atom. The molecule has 0 aromatic heterocycles. The number of amides is 1. The standard InChI is InChI=1S/C23H30N4O3/c1-23(2,3)18-9-6-15(7-10-18)22(28)27-25-14-17-13-24-26-21(17)16-8-11-19(29-4)20(12-16)30-5/h6-12,14,17,21,24,26H,13H2,1-5H3,(H,27,28)/b25-14-. The van der Waals surface area contributed by atoms with Gasteiger partial charge in [-0.05, 0) is 40.8 Å². The maximum atomic E-state index is 12.4. The van der Waals surface area contributed by atoms with Crippen LogP contribution in [-0.4, -0.2) is 32.9 Å². The highest BCUT2D eigenvalue weighted by Gasteiger charge is 2.28. The number of ether oxygens (including phenoxy) is 2. The monoisotopic (exact) mass is 410 g/mol. The summed E-state index contributed by atoms with van der Waals surface area (Å²) in [7, 11) is 3.23. The third-order valence-corrected chi connectivity index (χ3v) is 5.24. The number of hydrogen-bond donors (Lipinski definition) is 3. The van der Waals surface area contributed by atoms with Gasteiger partial charge in [0.25, 0.3) is 5.91 Å². The molecule has 0 aliphatic carbocycles. The Bertz CT molecular complexity index is 904. The molecule has 1 aliphatic heterocycles. The number of rotatable bonds is 6. The van der Waals surface area contributed by atoms with E-state index in [9.17, 15) is 4.79 Å². The number of carbonyl (C=O) groups is 1. The van der Waals surface area contributed by atoms with Crippen LogP contribution in [0.15, 0.2) is 47.6 Å². The second-order valence-corrected chi connectivity index (χ2v) is 8.33. The van der Waals surface area contributed by atoms with Crippen LogP contribution in [0, 0.1) is 5.92 Å². The molecule has 3 rings (SSSR count). The second-order valence-electron chi connectivity index (χ2n) is 8.33. The molecule has 0 bridgehead atoms. The Kier molecular flexibility index (Phi) is 6.74. The van der Waals surface area contributed by atoms with Gasteiger partial charge in [-0.1, -0.05) is 39.0 Å². The van der Waals surface area contributed by atoms with Crippen molar-refractivity contribution < 1.29 is 14.3 Å². The van der Waals surface area contributed by atoms with E-state index in [0.29, 0.717) is 23.6 Å². The third kappa shape index (κ3) is 4.98. The van der Waals surface area contributed by atoms with Gasteiger partial charge in [-0.3, -0.25) is 10.2 Å². The molecule has 1 fully saturated rings. The van der Waals surface area contributed by atoms with Gasteiger partial charge in [-0.25, -0.2) is 10.9 Å². The SMILES string of the molecule is COc1ccc(C2NNCC2/C=N\NC(=O)c2ccc(C(C)(C)C)cc2)cc1OC. The van der Waals surface area contributed by atoms with Gasteiger partial charge in [0.2, 0.25) is 0 Å². The van der Waals surface area contributed by atoms with Crippen molar-refractivity contribution in [3.63, 3.8) is 0 Å². The molecular weight excluding hydrogens is 380 g/mol. The Morgan fingerprint density at radius 2 is 1.80 bits per heavy atom. The molecular formula is C23H30N4O3. The summed E-state index contributed by atoms with van der Waals surface area (Å²) in [5.74, 6) is 1.19. The van der Waals surface area contributed by atoms with Crippen molar-refractivity contribution in [1.29, 1.82) is 0 Å². The molecule has 2 atom stereocenters. The zero-order valence-corrected chi connectivity index (χ0v) is 18.2. The number of hydrazone groups is 1. The molecule has 1 aliphatic rings. The molecule has 1 amide bonds. The molecule has 1 heterocycles. The molecule has 0 spiro atoms. The lowest BCUT2D eigenvalue weighted by Crippen LogP contribution is -2.25. The van der Waals surface area contributed by atoms with Crippen LogP contribution in [0.4, 0.5) is 0 Å². The smallest absolute Gasteiger partial charge is 0.271 e. The summed E-state index contributed by atoms with van der Waals surface area (Å²) in [6.45, 7) is 7.12. The van der Waals surface area contributed by atoms with E-state index in [1.54, 1.807) is 20.4 Å². The Hall–Kier alpha value is -2.90. The van der Waals surface area contributed by atoms with Crippen LogP contribution < -0.4 is 25.8 Å². The molecule has 0 saturated carbocycles. The van der Waals surface area contributed by atoms with Crippen molar-refractivity contribution >= 4 is 12.1 Å². The predicted molar refractivity (Wildman–Crippen MR) is 118 cm³/mol. The van der Waals surface area contributed by atoms with Gasteiger partial charge in [0, 0.05) is 24.2 Å². The number of nitrogens with zero attached hydrogens (tertiary/aromatic N) is 1. The first-order valence-corrected chi connectivity index (χ1v) is 9.98. The Balaban J connectivity index is 1.64. The first-order chi connectivity index (χ1) is 14.3. The highest BCUT2D eigenvalue weighted by atomic mass is 16.5. The highest BCUT2D eigenvalue weighted by molar-refractivity contribution is 5.94. The van der Waals surface area contributed by atoms with Gasteiger partial charge in [0.1, 0.15) is 0 Å². The minimum absolute atomic E-state index is 0.00322. The zero-order valence-electron chi connectivity index (χ0n) is 18.2. The average Bonchev–Trinajstić information content (AvgIpc) is 3.21. The van der Waals surface area contributed by atoms with Crippen LogP contribution in [-0.2, 0) is 5.41 Å². The molecule has 1 saturated heterocycles. The lowest BCUT2D eigenvalue weighted by molar-refractivity contribution is 0.0955. The minimum Gasteiger partial charge on any atom is -0.493 e. The molecule has 2 unspecified atom stereocenters. The van der Waals surface area contributed by atoms with E-state index in [2.05, 4.69) is 42.1 Å².